The summed E-state index contributed by atoms with van der Waals surface area (Å²) in [5.41, 5.74) is 2.66. The third-order valence-electron chi connectivity index (χ3n) is 6.11. The molecule has 0 spiro atoms. The molecule has 1 fully saturated rings. The normalized spacial score (nSPS) is 15.8. The Kier molecular flexibility index (Phi) is 5.45. The van der Waals surface area contributed by atoms with Gasteiger partial charge in [0.1, 0.15) is 0 Å². The Labute approximate surface area is 186 Å². The molecule has 1 saturated heterocycles. The first kappa shape index (κ1) is 20.4. The van der Waals surface area contributed by atoms with Crippen LogP contribution in [0.25, 0.3) is 10.9 Å². The van der Waals surface area contributed by atoms with Gasteiger partial charge in [-0.15, -0.1) is 0 Å². The number of nitrogens with one attached hydrogen (secondary N) is 1. The van der Waals surface area contributed by atoms with Gasteiger partial charge in [0.2, 0.25) is 12.7 Å². The van der Waals surface area contributed by atoms with Crippen molar-refractivity contribution in [1.82, 2.24) is 19.7 Å². The zero-order valence-electron chi connectivity index (χ0n) is 18.0. The Balaban J connectivity index is 1.14. The number of hydrogen-bond donors (Lipinski definition) is 1. The largest absolute Gasteiger partial charge is 0.454 e. The SMILES string of the molecule is CN(CC(=O)N1CCN(Cc2ccc3c(c2)OCO3)CC1)C(=O)c1c[nH]c2ccccc12. The number of aromatic nitrogens is 1. The van der Waals surface area contributed by atoms with Gasteiger partial charge in [-0.1, -0.05) is 24.3 Å². The molecule has 0 bridgehead atoms. The molecule has 5 rings (SSSR count). The highest BCUT2D eigenvalue weighted by Crippen LogP contribution is 2.32. The number of rotatable bonds is 5. The maximum atomic E-state index is 12.9. The highest BCUT2D eigenvalue weighted by molar-refractivity contribution is 6.07. The summed E-state index contributed by atoms with van der Waals surface area (Å²) < 4.78 is 10.8. The van der Waals surface area contributed by atoms with Crippen LogP contribution in [0.2, 0.25) is 0 Å². The number of carbonyl (C=O) groups is 2. The molecule has 1 N–H and O–H groups in total. The van der Waals surface area contributed by atoms with Crippen molar-refractivity contribution in [3.8, 4) is 11.5 Å². The molecule has 32 heavy (non-hydrogen) atoms. The lowest BCUT2D eigenvalue weighted by atomic mass is 10.1. The summed E-state index contributed by atoms with van der Waals surface area (Å²) in [5.74, 6) is 1.40. The molecule has 2 amide bonds. The quantitative estimate of drug-likeness (QED) is 0.667. The number of amides is 2. The van der Waals surface area contributed by atoms with Gasteiger partial charge in [-0.2, -0.15) is 0 Å². The molecule has 8 nitrogen and oxygen atoms in total. The van der Waals surface area contributed by atoms with E-state index in [0.717, 1.165) is 47.6 Å². The number of fused-ring (bicyclic) bond motifs is 2. The Hall–Kier alpha value is -3.52. The predicted octanol–water partition coefficient (Wildman–Crippen LogP) is 2.31. The van der Waals surface area contributed by atoms with Crippen LogP contribution >= 0.6 is 0 Å². The minimum atomic E-state index is -0.155. The van der Waals surface area contributed by atoms with E-state index in [1.54, 1.807) is 13.2 Å². The zero-order valence-corrected chi connectivity index (χ0v) is 18.0. The van der Waals surface area contributed by atoms with Gasteiger partial charge in [-0.3, -0.25) is 14.5 Å². The minimum absolute atomic E-state index is 0.0246. The predicted molar refractivity (Wildman–Crippen MR) is 120 cm³/mol. The van der Waals surface area contributed by atoms with Gasteiger partial charge in [0, 0.05) is 56.9 Å². The van der Waals surface area contributed by atoms with Crippen LogP contribution in [0.3, 0.4) is 0 Å². The average molecular weight is 434 g/mol. The molecular formula is C24H26N4O4. The number of hydrogen-bond acceptors (Lipinski definition) is 5. The smallest absolute Gasteiger partial charge is 0.256 e. The monoisotopic (exact) mass is 434 g/mol. The van der Waals surface area contributed by atoms with Gasteiger partial charge in [0.25, 0.3) is 5.91 Å². The molecule has 3 aromatic rings. The fraction of sp³-hybridized carbons (Fsp3) is 0.333. The Morgan fingerprint density at radius 2 is 1.81 bits per heavy atom. The summed E-state index contributed by atoms with van der Waals surface area (Å²) in [5, 5.41) is 0.869. The Morgan fingerprint density at radius 3 is 2.66 bits per heavy atom. The van der Waals surface area contributed by atoms with Gasteiger partial charge in [-0.25, -0.2) is 0 Å². The first-order valence-electron chi connectivity index (χ1n) is 10.8. The molecule has 0 atom stereocenters. The van der Waals surface area contributed by atoms with Crippen LogP contribution in [0.5, 0.6) is 11.5 Å². The molecule has 0 saturated carbocycles. The van der Waals surface area contributed by atoms with Crippen LogP contribution in [-0.2, 0) is 11.3 Å². The first-order valence-corrected chi connectivity index (χ1v) is 10.8. The van der Waals surface area contributed by atoms with Crippen molar-refractivity contribution in [1.29, 1.82) is 0 Å². The lowest BCUT2D eigenvalue weighted by molar-refractivity contribution is -0.133. The maximum absolute atomic E-state index is 12.9. The van der Waals surface area contributed by atoms with E-state index in [9.17, 15) is 9.59 Å². The molecule has 0 radical (unpaired) electrons. The average Bonchev–Trinajstić information content (AvgIpc) is 3.45. The number of likely N-dealkylation sites (N-methyl/N-ethyl adjacent to an activating group) is 1. The van der Waals surface area contributed by atoms with Crippen molar-refractivity contribution < 1.29 is 19.1 Å². The number of ether oxygens (including phenoxy) is 2. The fourth-order valence-electron chi connectivity index (χ4n) is 4.28. The summed E-state index contributed by atoms with van der Waals surface area (Å²) in [6.45, 7) is 4.03. The van der Waals surface area contributed by atoms with Crippen LogP contribution in [0.1, 0.15) is 15.9 Å². The summed E-state index contributed by atoms with van der Waals surface area (Å²) in [6, 6.07) is 13.7. The molecule has 166 valence electrons. The van der Waals surface area contributed by atoms with Gasteiger partial charge in [0.05, 0.1) is 12.1 Å². The van der Waals surface area contributed by atoms with Crippen molar-refractivity contribution in [2.75, 3.05) is 46.6 Å². The van der Waals surface area contributed by atoms with E-state index < -0.39 is 0 Å². The highest BCUT2D eigenvalue weighted by Gasteiger charge is 2.25. The second-order valence-corrected chi connectivity index (χ2v) is 8.25. The van der Waals surface area contributed by atoms with Gasteiger partial charge in [0.15, 0.2) is 11.5 Å². The standard InChI is InChI=1S/C24H26N4O4/c1-26(24(30)19-13-25-20-5-3-2-4-18(19)20)15-23(29)28-10-8-27(9-11-28)14-17-6-7-21-22(12-17)32-16-31-21/h2-7,12-13,25H,8-11,14-16H2,1H3. The molecule has 2 aliphatic heterocycles. The van der Waals surface area contributed by atoms with Crippen molar-refractivity contribution in [2.45, 2.75) is 6.54 Å². The maximum Gasteiger partial charge on any atom is 0.256 e. The Bertz CT molecular complexity index is 1150. The van der Waals surface area contributed by atoms with E-state index in [1.165, 1.54) is 4.90 Å². The zero-order chi connectivity index (χ0) is 22.1. The van der Waals surface area contributed by atoms with Crippen molar-refractivity contribution in [2.24, 2.45) is 0 Å². The molecule has 3 heterocycles. The Morgan fingerprint density at radius 1 is 1.03 bits per heavy atom. The van der Waals surface area contributed by atoms with Crippen molar-refractivity contribution in [3.05, 3.63) is 59.8 Å². The van der Waals surface area contributed by atoms with Crippen molar-refractivity contribution >= 4 is 22.7 Å². The second-order valence-electron chi connectivity index (χ2n) is 8.25. The highest BCUT2D eigenvalue weighted by atomic mass is 16.7. The number of para-hydroxylation sites is 1. The van der Waals surface area contributed by atoms with E-state index in [1.807, 2.05) is 41.3 Å². The van der Waals surface area contributed by atoms with Crippen molar-refractivity contribution in [3.63, 3.8) is 0 Å². The number of nitrogens with zero attached hydrogens (tertiary/aromatic N) is 3. The lowest BCUT2D eigenvalue weighted by Gasteiger charge is -2.35. The third-order valence-corrected chi connectivity index (χ3v) is 6.11. The summed E-state index contributed by atoms with van der Waals surface area (Å²) in [4.78, 5) is 34.5. The van der Waals surface area contributed by atoms with Gasteiger partial charge in [-0.05, 0) is 23.8 Å². The topological polar surface area (TPSA) is 78.1 Å². The number of aromatic amines is 1. The molecule has 1 aromatic heterocycles. The van der Waals surface area contributed by atoms with E-state index in [2.05, 4.69) is 16.0 Å². The fourth-order valence-corrected chi connectivity index (χ4v) is 4.28. The molecule has 0 unspecified atom stereocenters. The van der Waals surface area contributed by atoms with E-state index >= 15 is 0 Å². The number of benzene rings is 2. The number of piperazine rings is 1. The number of H-pyrrole nitrogens is 1. The van der Waals surface area contributed by atoms with Crippen LogP contribution in [0, 0.1) is 0 Å². The first-order chi connectivity index (χ1) is 15.6. The molecule has 2 aromatic carbocycles. The van der Waals surface area contributed by atoms with E-state index in [0.29, 0.717) is 18.7 Å². The third kappa shape index (κ3) is 4.01. The van der Waals surface area contributed by atoms with E-state index in [4.69, 9.17) is 9.47 Å². The van der Waals surface area contributed by atoms with Crippen LogP contribution in [-0.4, -0.2) is 78.1 Å². The van der Waals surface area contributed by atoms with Gasteiger partial charge >= 0.3 is 0 Å². The molecular weight excluding hydrogens is 408 g/mol. The summed E-state index contributed by atoms with van der Waals surface area (Å²) in [7, 11) is 1.68. The van der Waals surface area contributed by atoms with E-state index in [-0.39, 0.29) is 25.2 Å². The summed E-state index contributed by atoms with van der Waals surface area (Å²) in [6.07, 6.45) is 1.71. The van der Waals surface area contributed by atoms with Gasteiger partial charge < -0.3 is 24.3 Å². The lowest BCUT2D eigenvalue weighted by Crippen LogP contribution is -2.51. The molecule has 8 heteroatoms. The van der Waals surface area contributed by atoms with Crippen LogP contribution in [0.4, 0.5) is 0 Å². The second kappa shape index (κ2) is 8.55. The molecule has 0 aliphatic carbocycles. The minimum Gasteiger partial charge on any atom is -0.454 e. The molecule has 2 aliphatic rings. The number of carbonyl (C=O) groups excluding carboxylic acids is 2. The van der Waals surface area contributed by atoms with Crippen LogP contribution in [0.15, 0.2) is 48.7 Å². The summed E-state index contributed by atoms with van der Waals surface area (Å²) >= 11 is 0. The van der Waals surface area contributed by atoms with Crippen LogP contribution < -0.4 is 9.47 Å².